The average molecular weight is 489 g/mol. The number of benzene rings is 3. The van der Waals surface area contributed by atoms with Gasteiger partial charge in [-0.05, 0) is 73.4 Å². The first kappa shape index (κ1) is 24.2. The molecule has 4 rings (SSSR count). The molecule has 0 saturated heterocycles. The molecule has 0 unspecified atom stereocenters. The quantitative estimate of drug-likeness (QED) is 0.239. The van der Waals surface area contributed by atoms with E-state index in [0.29, 0.717) is 22.7 Å². The van der Waals surface area contributed by atoms with Crippen LogP contribution in [0.3, 0.4) is 0 Å². The number of carbonyl (C=O) groups excluding carboxylic acids is 3. The fourth-order valence-electron chi connectivity index (χ4n) is 3.70. The van der Waals surface area contributed by atoms with E-state index in [-0.39, 0.29) is 10.7 Å². The molecule has 1 aliphatic rings. The number of imide groups is 1. The van der Waals surface area contributed by atoms with E-state index in [0.717, 1.165) is 35.3 Å². The van der Waals surface area contributed by atoms with Crippen molar-refractivity contribution in [3.05, 3.63) is 100 Å². The molecular weight excluding hydrogens is 464 g/mol. The van der Waals surface area contributed by atoms with E-state index in [1.54, 1.807) is 48.5 Å². The molecule has 1 heterocycles. The van der Waals surface area contributed by atoms with Gasteiger partial charge < -0.3 is 10.1 Å². The van der Waals surface area contributed by atoms with E-state index in [9.17, 15) is 14.4 Å². The zero-order valence-corrected chi connectivity index (χ0v) is 20.3. The summed E-state index contributed by atoms with van der Waals surface area (Å²) in [5, 5.41) is 2.73. The molecule has 0 bridgehead atoms. The summed E-state index contributed by atoms with van der Waals surface area (Å²) in [6.45, 7) is 3.99. The summed E-state index contributed by atoms with van der Waals surface area (Å²) < 4.78 is 5.45. The normalized spacial score (nSPS) is 13.4. The molecule has 7 heteroatoms. The number of hydrogen-bond donors (Lipinski definition) is 1. The van der Waals surface area contributed by atoms with Gasteiger partial charge in [0.05, 0.1) is 11.3 Å². The third kappa shape index (κ3) is 5.28. The largest absolute Gasteiger partial charge is 0.423 e. The summed E-state index contributed by atoms with van der Waals surface area (Å²) in [7, 11) is 0. The van der Waals surface area contributed by atoms with Gasteiger partial charge in [-0.2, -0.15) is 0 Å². The van der Waals surface area contributed by atoms with Gasteiger partial charge >= 0.3 is 5.97 Å². The van der Waals surface area contributed by atoms with Gasteiger partial charge in [0, 0.05) is 5.69 Å². The molecule has 0 radical (unpaired) electrons. The third-order valence-corrected chi connectivity index (χ3v) is 6.08. The minimum atomic E-state index is -0.584. The Morgan fingerprint density at radius 2 is 1.63 bits per heavy atom. The van der Waals surface area contributed by atoms with Gasteiger partial charge in [0.25, 0.3) is 11.8 Å². The van der Waals surface area contributed by atoms with Crippen LogP contribution in [0, 0.1) is 6.92 Å². The highest BCUT2D eigenvalue weighted by atomic mass is 35.5. The van der Waals surface area contributed by atoms with Crippen molar-refractivity contribution in [2.45, 2.75) is 33.1 Å². The van der Waals surface area contributed by atoms with Crippen molar-refractivity contribution in [2.75, 3.05) is 10.2 Å². The van der Waals surface area contributed by atoms with Crippen molar-refractivity contribution in [3.8, 4) is 5.75 Å². The first-order valence-corrected chi connectivity index (χ1v) is 11.8. The summed E-state index contributed by atoms with van der Waals surface area (Å²) >= 11 is 6.24. The lowest BCUT2D eigenvalue weighted by atomic mass is 10.1. The van der Waals surface area contributed by atoms with Crippen LogP contribution in [0.5, 0.6) is 5.75 Å². The van der Waals surface area contributed by atoms with Gasteiger partial charge in [0.15, 0.2) is 0 Å². The number of carbonyl (C=O) groups is 3. The number of nitrogens with zero attached hydrogens (tertiary/aromatic N) is 1. The Morgan fingerprint density at radius 1 is 0.943 bits per heavy atom. The maximum Gasteiger partial charge on any atom is 0.343 e. The second-order valence-corrected chi connectivity index (χ2v) is 8.64. The molecule has 0 saturated carbocycles. The third-order valence-electron chi connectivity index (χ3n) is 5.73. The number of hydrogen-bond acceptors (Lipinski definition) is 5. The van der Waals surface area contributed by atoms with Crippen molar-refractivity contribution in [2.24, 2.45) is 0 Å². The molecule has 0 atom stereocenters. The van der Waals surface area contributed by atoms with Gasteiger partial charge in [-0.15, -0.1) is 0 Å². The van der Waals surface area contributed by atoms with Crippen molar-refractivity contribution < 1.29 is 19.1 Å². The molecule has 178 valence electrons. The van der Waals surface area contributed by atoms with Crippen LogP contribution >= 0.6 is 11.6 Å². The SMILES string of the molecule is CCCCc1ccc(N2C(=O)C(Cl)=C(Nc3ccc(C(=O)Oc4ccccc4C)cc3)C2=O)cc1. The van der Waals surface area contributed by atoms with Crippen LogP contribution in [-0.4, -0.2) is 17.8 Å². The summed E-state index contributed by atoms with van der Waals surface area (Å²) in [5.74, 6) is -1.13. The molecule has 1 N–H and O–H groups in total. The summed E-state index contributed by atoms with van der Waals surface area (Å²) in [5.41, 5.74) is 3.30. The Balaban J connectivity index is 1.45. The van der Waals surface area contributed by atoms with E-state index in [2.05, 4.69) is 12.2 Å². The Kier molecular flexibility index (Phi) is 7.32. The predicted octanol–water partition coefficient (Wildman–Crippen LogP) is 5.99. The van der Waals surface area contributed by atoms with Crippen LogP contribution in [0.4, 0.5) is 11.4 Å². The van der Waals surface area contributed by atoms with E-state index < -0.39 is 17.8 Å². The van der Waals surface area contributed by atoms with Gasteiger partial charge in [-0.3, -0.25) is 9.59 Å². The second-order valence-electron chi connectivity index (χ2n) is 8.26. The minimum Gasteiger partial charge on any atom is -0.423 e. The van der Waals surface area contributed by atoms with Crippen LogP contribution in [-0.2, 0) is 16.0 Å². The number of aryl methyl sites for hydroxylation is 2. The highest BCUT2D eigenvalue weighted by Gasteiger charge is 2.38. The highest BCUT2D eigenvalue weighted by Crippen LogP contribution is 2.30. The molecule has 0 aliphatic carbocycles. The minimum absolute atomic E-state index is 0.0121. The molecule has 0 fully saturated rings. The number of esters is 1. The zero-order chi connectivity index (χ0) is 24.9. The number of anilines is 2. The maximum absolute atomic E-state index is 13.0. The average Bonchev–Trinajstić information content (AvgIpc) is 3.08. The van der Waals surface area contributed by atoms with Gasteiger partial charge in [0.1, 0.15) is 16.5 Å². The molecule has 35 heavy (non-hydrogen) atoms. The molecule has 3 aromatic carbocycles. The van der Waals surface area contributed by atoms with Crippen molar-refractivity contribution in [3.63, 3.8) is 0 Å². The van der Waals surface area contributed by atoms with Crippen LogP contribution < -0.4 is 15.0 Å². The number of ether oxygens (including phenoxy) is 1. The van der Waals surface area contributed by atoms with Crippen molar-refractivity contribution >= 4 is 40.8 Å². The smallest absolute Gasteiger partial charge is 0.343 e. The van der Waals surface area contributed by atoms with E-state index in [1.165, 1.54) is 0 Å². The van der Waals surface area contributed by atoms with Crippen LogP contribution in [0.1, 0.15) is 41.3 Å². The monoisotopic (exact) mass is 488 g/mol. The van der Waals surface area contributed by atoms with Crippen LogP contribution in [0.15, 0.2) is 83.5 Å². The first-order valence-electron chi connectivity index (χ1n) is 11.4. The summed E-state index contributed by atoms with van der Waals surface area (Å²) in [6.07, 6.45) is 3.11. The van der Waals surface area contributed by atoms with Crippen molar-refractivity contribution in [1.82, 2.24) is 0 Å². The lowest BCUT2D eigenvalue weighted by Crippen LogP contribution is -2.32. The van der Waals surface area contributed by atoms with Crippen LogP contribution in [0.25, 0.3) is 0 Å². The van der Waals surface area contributed by atoms with Gasteiger partial charge in [-0.25, -0.2) is 9.69 Å². The first-order chi connectivity index (χ1) is 16.9. The van der Waals surface area contributed by atoms with Gasteiger partial charge in [-0.1, -0.05) is 55.3 Å². The number of unbranched alkanes of at least 4 members (excludes halogenated alkanes) is 1. The molecule has 6 nitrogen and oxygen atoms in total. The Labute approximate surface area is 209 Å². The Morgan fingerprint density at radius 3 is 2.29 bits per heavy atom. The topological polar surface area (TPSA) is 75.7 Å². The zero-order valence-electron chi connectivity index (χ0n) is 19.5. The molecule has 0 spiro atoms. The predicted molar refractivity (Wildman–Crippen MR) is 137 cm³/mol. The molecule has 2 amide bonds. The highest BCUT2D eigenvalue weighted by molar-refractivity contribution is 6.53. The van der Waals surface area contributed by atoms with Crippen molar-refractivity contribution in [1.29, 1.82) is 0 Å². The maximum atomic E-state index is 13.0. The molecule has 0 aromatic heterocycles. The Bertz CT molecular complexity index is 1300. The molecule has 1 aliphatic heterocycles. The number of halogens is 1. The molecule has 3 aromatic rings. The standard InChI is InChI=1S/C28H25ClN2O4/c1-3-4-8-19-10-16-22(17-11-19)31-26(32)24(29)25(27(31)33)30-21-14-12-20(13-15-21)28(34)35-23-9-6-5-7-18(23)2/h5-7,9-17,30H,3-4,8H2,1-2H3. The van der Waals surface area contributed by atoms with Gasteiger partial charge in [0.2, 0.25) is 0 Å². The van der Waals surface area contributed by atoms with E-state index in [1.807, 2.05) is 31.2 Å². The number of para-hydroxylation sites is 1. The summed E-state index contributed by atoms with van der Waals surface area (Å²) in [6, 6.07) is 21.0. The number of amides is 2. The number of nitrogens with one attached hydrogen (secondary N) is 1. The second kappa shape index (κ2) is 10.6. The number of rotatable bonds is 8. The fourth-order valence-corrected chi connectivity index (χ4v) is 3.91. The summed E-state index contributed by atoms with van der Waals surface area (Å²) in [4.78, 5) is 39.3. The molecular formula is C28H25ClN2O4. The van der Waals surface area contributed by atoms with E-state index >= 15 is 0 Å². The lowest BCUT2D eigenvalue weighted by Gasteiger charge is -2.15. The van der Waals surface area contributed by atoms with E-state index in [4.69, 9.17) is 16.3 Å². The Hall–Kier alpha value is -3.90. The fraction of sp³-hybridized carbons (Fsp3) is 0.179. The van der Waals surface area contributed by atoms with Crippen LogP contribution in [0.2, 0.25) is 0 Å². The lowest BCUT2D eigenvalue weighted by molar-refractivity contribution is -0.120.